The van der Waals surface area contributed by atoms with Crippen molar-refractivity contribution in [3.8, 4) is 5.75 Å². The van der Waals surface area contributed by atoms with Crippen molar-refractivity contribution in [1.82, 2.24) is 10.2 Å². The standard InChI is InChI=1S/C32H28FN3O4S2/c1-2-3-19-40-25-16-12-23(13-17-25)28-27(26(37)18-11-21-7-5-4-6-8-21)29(38)30(39)36(28)31-34-35-32(42-31)41-20-22-9-14-24(33)15-10-22/h4-18,28,38H,2-3,19-20H2,1H3/b18-11+. The summed E-state index contributed by atoms with van der Waals surface area (Å²) in [7, 11) is 0. The van der Waals surface area contributed by atoms with E-state index in [1.54, 1.807) is 42.5 Å². The van der Waals surface area contributed by atoms with Crippen molar-refractivity contribution in [3.05, 3.63) is 119 Å². The zero-order valence-corrected chi connectivity index (χ0v) is 24.4. The van der Waals surface area contributed by atoms with Gasteiger partial charge in [0.25, 0.3) is 5.91 Å². The number of carbonyl (C=O) groups excluding carboxylic acids is 2. The molecule has 1 aliphatic heterocycles. The van der Waals surface area contributed by atoms with Crippen LogP contribution in [0.4, 0.5) is 9.52 Å². The Balaban J connectivity index is 1.44. The van der Waals surface area contributed by atoms with Crippen LogP contribution in [0.2, 0.25) is 0 Å². The average Bonchev–Trinajstić information content (AvgIpc) is 3.58. The zero-order chi connectivity index (χ0) is 29.5. The van der Waals surface area contributed by atoms with Crippen LogP contribution < -0.4 is 9.64 Å². The fourth-order valence-electron chi connectivity index (χ4n) is 4.36. The van der Waals surface area contributed by atoms with Crippen LogP contribution in [-0.4, -0.2) is 33.6 Å². The van der Waals surface area contributed by atoms with Crippen LogP contribution in [0.1, 0.15) is 42.5 Å². The van der Waals surface area contributed by atoms with Gasteiger partial charge in [0.1, 0.15) is 11.6 Å². The molecule has 1 amide bonds. The molecule has 10 heteroatoms. The molecule has 0 spiro atoms. The highest BCUT2D eigenvalue weighted by Gasteiger charge is 2.45. The SMILES string of the molecule is CCCCOc1ccc(C2C(C(=O)/C=C/c3ccccc3)=C(O)C(=O)N2c2nnc(SCc3ccc(F)cc3)s2)cc1. The summed E-state index contributed by atoms with van der Waals surface area (Å²) in [6.45, 7) is 2.67. The second kappa shape index (κ2) is 13.6. The number of hydrogen-bond donors (Lipinski definition) is 1. The van der Waals surface area contributed by atoms with E-state index in [0.717, 1.165) is 24.0 Å². The zero-order valence-electron chi connectivity index (χ0n) is 22.8. The number of rotatable bonds is 12. The van der Waals surface area contributed by atoms with Crippen LogP contribution in [0.25, 0.3) is 6.08 Å². The minimum Gasteiger partial charge on any atom is -0.503 e. The highest BCUT2D eigenvalue weighted by atomic mass is 32.2. The molecule has 1 N–H and O–H groups in total. The summed E-state index contributed by atoms with van der Waals surface area (Å²) in [4.78, 5) is 28.3. The van der Waals surface area contributed by atoms with E-state index in [1.807, 2.05) is 30.3 Å². The van der Waals surface area contributed by atoms with Crippen LogP contribution in [0.5, 0.6) is 5.75 Å². The molecule has 1 atom stereocenters. The van der Waals surface area contributed by atoms with Gasteiger partial charge in [0.2, 0.25) is 5.13 Å². The molecule has 4 aromatic rings. The molecule has 1 aliphatic rings. The molecular weight excluding hydrogens is 574 g/mol. The van der Waals surface area contributed by atoms with Crippen LogP contribution in [0.15, 0.2) is 101 Å². The maximum Gasteiger partial charge on any atom is 0.296 e. The van der Waals surface area contributed by atoms with Crippen molar-refractivity contribution >= 4 is 46.0 Å². The monoisotopic (exact) mass is 601 g/mol. The number of halogens is 1. The Labute approximate surface area is 251 Å². The quantitative estimate of drug-likeness (QED) is 0.0787. The van der Waals surface area contributed by atoms with Gasteiger partial charge in [-0.3, -0.25) is 14.5 Å². The van der Waals surface area contributed by atoms with Crippen LogP contribution in [0.3, 0.4) is 0 Å². The van der Waals surface area contributed by atoms with E-state index in [0.29, 0.717) is 28.0 Å². The van der Waals surface area contributed by atoms with Crippen molar-refractivity contribution in [2.24, 2.45) is 0 Å². The van der Waals surface area contributed by atoms with E-state index in [-0.39, 0.29) is 16.5 Å². The summed E-state index contributed by atoms with van der Waals surface area (Å²) in [6, 6.07) is 21.7. The Hall–Kier alpha value is -4.28. The second-order valence-corrected chi connectivity index (χ2v) is 11.7. The largest absolute Gasteiger partial charge is 0.503 e. The van der Waals surface area contributed by atoms with Crippen LogP contribution >= 0.6 is 23.1 Å². The van der Waals surface area contributed by atoms with E-state index < -0.39 is 23.5 Å². The Morgan fingerprint density at radius 1 is 1.07 bits per heavy atom. The molecule has 0 saturated carbocycles. The minimum absolute atomic E-state index is 0.0393. The molecule has 42 heavy (non-hydrogen) atoms. The Morgan fingerprint density at radius 2 is 1.81 bits per heavy atom. The number of unbranched alkanes of at least 4 members (excludes halogenated alkanes) is 1. The van der Waals surface area contributed by atoms with Crippen molar-refractivity contribution in [2.45, 2.75) is 35.9 Å². The molecule has 3 aromatic carbocycles. The van der Waals surface area contributed by atoms with Crippen molar-refractivity contribution in [1.29, 1.82) is 0 Å². The van der Waals surface area contributed by atoms with Gasteiger partial charge in [-0.05, 0) is 53.5 Å². The lowest BCUT2D eigenvalue weighted by Crippen LogP contribution is -2.30. The number of hydrogen-bond acceptors (Lipinski definition) is 8. The summed E-state index contributed by atoms with van der Waals surface area (Å²) in [6.07, 6.45) is 4.94. The number of aromatic nitrogens is 2. The first-order chi connectivity index (χ1) is 20.4. The number of carbonyl (C=O) groups is 2. The van der Waals surface area contributed by atoms with Gasteiger partial charge in [-0.1, -0.05) is 97.1 Å². The first-order valence-corrected chi connectivity index (χ1v) is 15.2. The lowest BCUT2D eigenvalue weighted by molar-refractivity contribution is -0.117. The highest BCUT2D eigenvalue weighted by molar-refractivity contribution is 8.00. The summed E-state index contributed by atoms with van der Waals surface area (Å²) >= 11 is 2.57. The number of benzene rings is 3. The van der Waals surface area contributed by atoms with Crippen molar-refractivity contribution in [2.75, 3.05) is 11.5 Å². The molecule has 5 rings (SSSR count). The van der Waals surface area contributed by atoms with Crippen molar-refractivity contribution < 1.29 is 23.8 Å². The number of aliphatic hydroxyl groups excluding tert-OH is 1. The fourth-order valence-corrected chi connectivity index (χ4v) is 6.18. The third-order valence-electron chi connectivity index (χ3n) is 6.54. The van der Waals surface area contributed by atoms with E-state index in [9.17, 15) is 19.1 Å². The van der Waals surface area contributed by atoms with E-state index in [4.69, 9.17) is 4.74 Å². The lowest BCUT2D eigenvalue weighted by Gasteiger charge is -2.24. The van der Waals surface area contributed by atoms with E-state index >= 15 is 0 Å². The molecule has 1 unspecified atom stereocenters. The average molecular weight is 602 g/mol. The second-order valence-electron chi connectivity index (χ2n) is 9.48. The molecule has 0 saturated heterocycles. The van der Waals surface area contributed by atoms with E-state index in [2.05, 4.69) is 17.1 Å². The minimum atomic E-state index is -0.919. The number of allylic oxidation sites excluding steroid dienone is 1. The third kappa shape index (κ3) is 6.78. The molecule has 1 aromatic heterocycles. The molecule has 0 aliphatic carbocycles. The summed E-state index contributed by atoms with van der Waals surface area (Å²) in [5.41, 5.74) is 2.29. The number of thioether (sulfide) groups is 1. The molecule has 0 bridgehead atoms. The van der Waals surface area contributed by atoms with Gasteiger partial charge < -0.3 is 9.84 Å². The number of amides is 1. The molecule has 2 heterocycles. The molecule has 0 fully saturated rings. The number of anilines is 1. The topological polar surface area (TPSA) is 92.6 Å². The highest BCUT2D eigenvalue weighted by Crippen LogP contribution is 2.43. The first kappa shape index (κ1) is 29.2. The maximum atomic E-state index is 13.5. The Morgan fingerprint density at radius 3 is 2.52 bits per heavy atom. The summed E-state index contributed by atoms with van der Waals surface area (Å²) < 4.78 is 19.6. The van der Waals surface area contributed by atoms with Gasteiger partial charge in [0, 0.05) is 5.75 Å². The third-order valence-corrected chi connectivity index (χ3v) is 8.67. The number of nitrogens with zero attached hydrogens (tertiary/aromatic N) is 3. The molecular formula is C32H28FN3O4S2. The van der Waals surface area contributed by atoms with Crippen molar-refractivity contribution in [3.63, 3.8) is 0 Å². The predicted molar refractivity (Wildman–Crippen MR) is 163 cm³/mol. The number of aliphatic hydroxyl groups is 1. The summed E-state index contributed by atoms with van der Waals surface area (Å²) in [5, 5.41) is 19.7. The maximum absolute atomic E-state index is 13.5. The molecule has 214 valence electrons. The van der Waals surface area contributed by atoms with Gasteiger partial charge in [0.05, 0.1) is 18.2 Å². The number of ketones is 1. The van der Waals surface area contributed by atoms with Gasteiger partial charge in [-0.25, -0.2) is 4.39 Å². The van der Waals surface area contributed by atoms with Gasteiger partial charge in [0.15, 0.2) is 15.9 Å². The van der Waals surface area contributed by atoms with Gasteiger partial charge in [-0.2, -0.15) is 0 Å². The Kier molecular flexibility index (Phi) is 9.45. The Bertz CT molecular complexity index is 1600. The fraction of sp³-hybridized carbons (Fsp3) is 0.188. The first-order valence-electron chi connectivity index (χ1n) is 13.4. The smallest absolute Gasteiger partial charge is 0.296 e. The normalized spacial score (nSPS) is 15.1. The van der Waals surface area contributed by atoms with Gasteiger partial charge >= 0.3 is 0 Å². The van der Waals surface area contributed by atoms with Crippen LogP contribution in [-0.2, 0) is 15.3 Å². The molecule has 7 nitrogen and oxygen atoms in total. The van der Waals surface area contributed by atoms with Gasteiger partial charge in [-0.15, -0.1) is 10.2 Å². The molecule has 0 radical (unpaired) electrons. The van der Waals surface area contributed by atoms with Crippen LogP contribution in [0, 0.1) is 5.82 Å². The summed E-state index contributed by atoms with van der Waals surface area (Å²) in [5.74, 6) is -0.951. The predicted octanol–water partition coefficient (Wildman–Crippen LogP) is 7.33. The number of ether oxygens (including phenoxy) is 1. The lowest BCUT2D eigenvalue weighted by atomic mass is 9.95. The van der Waals surface area contributed by atoms with E-state index in [1.165, 1.54) is 46.2 Å².